The van der Waals surface area contributed by atoms with Crippen molar-refractivity contribution in [1.82, 2.24) is 4.98 Å². The molecule has 1 aromatic heterocycles. The van der Waals surface area contributed by atoms with Crippen LogP contribution in [0.15, 0.2) is 54.6 Å². The zero-order chi connectivity index (χ0) is 20.5. The quantitative estimate of drug-likeness (QED) is 0.551. The number of carbonyl (C=O) groups is 1. The predicted molar refractivity (Wildman–Crippen MR) is 106 cm³/mol. The maximum Gasteiger partial charge on any atom is 0.296 e. The summed E-state index contributed by atoms with van der Waals surface area (Å²) in [6.07, 6.45) is 0. The number of hydrogen-bond acceptors (Lipinski definition) is 3. The van der Waals surface area contributed by atoms with Crippen molar-refractivity contribution in [3.05, 3.63) is 88.5 Å². The molecule has 0 amide bonds. The van der Waals surface area contributed by atoms with Crippen molar-refractivity contribution < 1.29 is 17.6 Å². The van der Waals surface area contributed by atoms with E-state index in [1.54, 1.807) is 31.2 Å². The highest BCUT2D eigenvalue weighted by Gasteiger charge is 2.20. The Morgan fingerprint density at radius 1 is 1.11 bits per heavy atom. The van der Waals surface area contributed by atoms with Gasteiger partial charge in [-0.15, -0.1) is 0 Å². The topological polar surface area (TPSA) is 105 Å². The molecule has 2 aromatic carbocycles. The number of hydrogen-bond donors (Lipinski definition) is 3. The molecule has 1 heterocycles. The van der Waals surface area contributed by atoms with Gasteiger partial charge in [0.25, 0.3) is 10.2 Å². The Morgan fingerprint density at radius 2 is 1.71 bits per heavy atom. The first kappa shape index (κ1) is 19.8. The molecule has 0 saturated carbocycles. The van der Waals surface area contributed by atoms with Crippen LogP contribution in [0.25, 0.3) is 0 Å². The number of aryl methyl sites for hydroxylation is 1. The molecule has 3 rings (SSSR count). The van der Waals surface area contributed by atoms with Crippen LogP contribution in [0.4, 0.5) is 10.1 Å². The number of nitrogens with two attached hydrogens (primary N) is 1. The molecule has 0 radical (unpaired) electrons. The number of H-pyrrole nitrogens is 1. The summed E-state index contributed by atoms with van der Waals surface area (Å²) in [5.41, 5.74) is 3.02. The number of anilines is 1. The van der Waals surface area contributed by atoms with Crippen LogP contribution in [0.1, 0.15) is 45.7 Å². The van der Waals surface area contributed by atoms with Crippen LogP contribution in [0.3, 0.4) is 0 Å². The molecule has 1 atom stereocenters. The fourth-order valence-electron chi connectivity index (χ4n) is 2.91. The van der Waals surface area contributed by atoms with Crippen molar-refractivity contribution in [3.8, 4) is 0 Å². The highest BCUT2D eigenvalue weighted by molar-refractivity contribution is 7.90. The van der Waals surface area contributed by atoms with Crippen molar-refractivity contribution in [2.75, 3.05) is 4.72 Å². The highest BCUT2D eigenvalue weighted by Crippen LogP contribution is 2.28. The minimum absolute atomic E-state index is 0.177. The lowest BCUT2D eigenvalue weighted by Crippen LogP contribution is -2.21. The van der Waals surface area contributed by atoms with Crippen molar-refractivity contribution in [3.63, 3.8) is 0 Å². The number of carbonyl (C=O) groups excluding carboxylic acids is 1. The fourth-order valence-corrected chi connectivity index (χ4v) is 3.38. The number of rotatable bonds is 6. The lowest BCUT2D eigenvalue weighted by atomic mass is 9.97. The first-order valence-electron chi connectivity index (χ1n) is 8.54. The minimum Gasteiger partial charge on any atom is -0.353 e. The van der Waals surface area contributed by atoms with Gasteiger partial charge in [0.15, 0.2) is 0 Å². The zero-order valence-corrected chi connectivity index (χ0v) is 16.2. The van der Waals surface area contributed by atoms with Crippen LogP contribution in [0, 0.1) is 12.7 Å². The monoisotopic (exact) mass is 401 g/mol. The number of aromatic nitrogens is 1. The molecule has 28 heavy (non-hydrogen) atoms. The maximum absolute atomic E-state index is 14.5. The third kappa shape index (κ3) is 4.47. The van der Waals surface area contributed by atoms with Crippen LogP contribution >= 0.6 is 0 Å². The Balaban J connectivity index is 1.84. The largest absolute Gasteiger partial charge is 0.353 e. The second-order valence-corrected chi connectivity index (χ2v) is 7.92. The van der Waals surface area contributed by atoms with E-state index in [-0.39, 0.29) is 23.1 Å². The summed E-state index contributed by atoms with van der Waals surface area (Å²) < 4.78 is 38.8. The first-order valence-corrected chi connectivity index (χ1v) is 10.1. The number of aromatic amines is 1. The van der Waals surface area contributed by atoms with Gasteiger partial charge in [0.05, 0.1) is 11.4 Å². The molecule has 0 aliphatic rings. The van der Waals surface area contributed by atoms with Gasteiger partial charge in [-0.2, -0.15) is 8.42 Å². The van der Waals surface area contributed by atoms with Gasteiger partial charge in [-0.3, -0.25) is 9.52 Å². The molecule has 3 aromatic rings. The Hall–Kier alpha value is -2.97. The molecule has 1 unspecified atom stereocenters. The summed E-state index contributed by atoms with van der Waals surface area (Å²) in [4.78, 5) is 15.5. The van der Waals surface area contributed by atoms with Crippen LogP contribution in [0.5, 0.6) is 0 Å². The highest BCUT2D eigenvalue weighted by atomic mass is 32.2. The molecule has 0 aliphatic carbocycles. The van der Waals surface area contributed by atoms with E-state index in [1.165, 1.54) is 18.2 Å². The lowest BCUT2D eigenvalue weighted by molar-refractivity contribution is 0.103. The molecular weight excluding hydrogens is 381 g/mol. The van der Waals surface area contributed by atoms with Crippen LogP contribution in [0.2, 0.25) is 0 Å². The Morgan fingerprint density at radius 3 is 2.29 bits per heavy atom. The summed E-state index contributed by atoms with van der Waals surface area (Å²) in [6.45, 7) is 3.71. The van der Waals surface area contributed by atoms with Crippen molar-refractivity contribution in [1.29, 1.82) is 0 Å². The van der Waals surface area contributed by atoms with Gasteiger partial charge in [0, 0.05) is 23.2 Å². The lowest BCUT2D eigenvalue weighted by Gasteiger charge is -2.12. The Kier molecular flexibility index (Phi) is 5.35. The molecule has 8 heteroatoms. The fraction of sp³-hybridized carbons (Fsp3) is 0.150. The predicted octanol–water partition coefficient (Wildman–Crippen LogP) is 3.46. The molecule has 0 aliphatic heterocycles. The van der Waals surface area contributed by atoms with Crippen molar-refractivity contribution in [2.45, 2.75) is 19.8 Å². The average Bonchev–Trinajstić information content (AvgIpc) is 3.02. The molecular formula is C20H20FN3O3S. The smallest absolute Gasteiger partial charge is 0.296 e. The Bertz CT molecular complexity index is 1100. The van der Waals surface area contributed by atoms with Gasteiger partial charge in [-0.25, -0.2) is 9.53 Å². The molecule has 0 bridgehead atoms. The third-order valence-electron chi connectivity index (χ3n) is 4.46. The van der Waals surface area contributed by atoms with E-state index < -0.39 is 16.0 Å². The van der Waals surface area contributed by atoms with Crippen LogP contribution in [-0.2, 0) is 10.2 Å². The standard InChI is InChI=1S/C20H20FN3O3S/c1-12-3-5-15(6-4-12)20(25)18-11-17(21)19(23-18)13(2)14-7-9-16(10-8-14)24-28(22,26)27/h3-11,13,23-24H,1-2H3,(H2,22,26,27). The van der Waals surface area contributed by atoms with Gasteiger partial charge in [0.2, 0.25) is 5.78 Å². The third-order valence-corrected chi connectivity index (χ3v) is 4.98. The molecule has 4 N–H and O–H groups in total. The van der Waals surface area contributed by atoms with Crippen molar-refractivity contribution >= 4 is 21.7 Å². The molecule has 0 saturated heterocycles. The Labute approximate surface area is 162 Å². The van der Waals surface area contributed by atoms with E-state index in [2.05, 4.69) is 9.71 Å². The van der Waals surface area contributed by atoms with Gasteiger partial charge in [-0.05, 0) is 24.6 Å². The van der Waals surface area contributed by atoms with E-state index in [9.17, 15) is 17.6 Å². The summed E-state index contributed by atoms with van der Waals surface area (Å²) in [5, 5.41) is 4.94. The summed E-state index contributed by atoms with van der Waals surface area (Å²) in [5.74, 6) is -1.16. The summed E-state index contributed by atoms with van der Waals surface area (Å²) >= 11 is 0. The zero-order valence-electron chi connectivity index (χ0n) is 15.4. The van der Waals surface area contributed by atoms with Crippen LogP contribution in [-0.4, -0.2) is 19.2 Å². The summed E-state index contributed by atoms with van der Waals surface area (Å²) in [7, 11) is -3.86. The van der Waals surface area contributed by atoms with E-state index in [0.29, 0.717) is 11.3 Å². The van der Waals surface area contributed by atoms with Gasteiger partial charge in [0.1, 0.15) is 5.82 Å². The SMILES string of the molecule is Cc1ccc(C(=O)c2cc(F)c(C(C)c3ccc(NS(N)(=O)=O)cc3)[nH]2)cc1. The molecule has 0 fully saturated rings. The van der Waals surface area contributed by atoms with E-state index in [4.69, 9.17) is 5.14 Å². The van der Waals surface area contributed by atoms with Gasteiger partial charge < -0.3 is 4.98 Å². The number of benzene rings is 2. The second kappa shape index (κ2) is 7.57. The van der Waals surface area contributed by atoms with E-state index in [0.717, 1.165) is 11.1 Å². The van der Waals surface area contributed by atoms with Crippen LogP contribution < -0.4 is 9.86 Å². The van der Waals surface area contributed by atoms with Gasteiger partial charge >= 0.3 is 0 Å². The van der Waals surface area contributed by atoms with Crippen molar-refractivity contribution in [2.24, 2.45) is 5.14 Å². The molecule has 6 nitrogen and oxygen atoms in total. The number of ketones is 1. The average molecular weight is 401 g/mol. The number of nitrogens with one attached hydrogen (secondary N) is 2. The minimum atomic E-state index is -3.86. The van der Waals surface area contributed by atoms with Gasteiger partial charge in [-0.1, -0.05) is 48.9 Å². The van der Waals surface area contributed by atoms with E-state index >= 15 is 0 Å². The second-order valence-electron chi connectivity index (χ2n) is 6.63. The first-order chi connectivity index (χ1) is 13.1. The van der Waals surface area contributed by atoms with E-state index in [1.807, 2.05) is 19.1 Å². The summed E-state index contributed by atoms with van der Waals surface area (Å²) in [6, 6.07) is 14.7. The number of halogens is 1. The maximum atomic E-state index is 14.5. The molecule has 146 valence electrons. The normalized spacial score (nSPS) is 12.6. The molecule has 0 spiro atoms.